The number of aryl methyl sites for hydroxylation is 2. The fraction of sp³-hybridized carbons (Fsp3) is 0.333. The zero-order valence-corrected chi connectivity index (χ0v) is 12.0. The SMILES string of the molecule is CCC(c1c(O)cc(C)oc1=O)c1c(O)cc(C)oc1=O. The van der Waals surface area contributed by atoms with Gasteiger partial charge >= 0.3 is 11.3 Å². The summed E-state index contributed by atoms with van der Waals surface area (Å²) in [7, 11) is 0. The molecule has 0 atom stereocenters. The average molecular weight is 292 g/mol. The third-order valence-electron chi connectivity index (χ3n) is 3.28. The standard InChI is InChI=1S/C15H16O6/c1-4-9(12-10(16)5-7(2)20-14(12)18)13-11(17)6-8(3)21-15(13)19/h5-6,9,16-17H,4H2,1-3H3. The van der Waals surface area contributed by atoms with Crippen LogP contribution < -0.4 is 11.3 Å². The summed E-state index contributed by atoms with van der Waals surface area (Å²) >= 11 is 0. The minimum Gasteiger partial charge on any atom is -0.507 e. The van der Waals surface area contributed by atoms with Gasteiger partial charge in [0.2, 0.25) is 0 Å². The van der Waals surface area contributed by atoms with Gasteiger partial charge in [-0.05, 0) is 20.3 Å². The summed E-state index contributed by atoms with van der Waals surface area (Å²) in [6.45, 7) is 4.79. The van der Waals surface area contributed by atoms with E-state index in [1.807, 2.05) is 0 Å². The molecule has 0 aliphatic rings. The molecule has 21 heavy (non-hydrogen) atoms. The summed E-state index contributed by atoms with van der Waals surface area (Å²) in [5.74, 6) is -0.823. The van der Waals surface area contributed by atoms with Crippen LogP contribution in [0.25, 0.3) is 0 Å². The molecule has 0 radical (unpaired) electrons. The molecule has 0 bridgehead atoms. The van der Waals surface area contributed by atoms with Crippen molar-refractivity contribution < 1.29 is 19.0 Å². The van der Waals surface area contributed by atoms with Crippen LogP contribution in [0.3, 0.4) is 0 Å². The molecule has 2 N–H and O–H groups in total. The van der Waals surface area contributed by atoms with Gasteiger partial charge in [-0.3, -0.25) is 0 Å². The highest BCUT2D eigenvalue weighted by molar-refractivity contribution is 5.43. The number of aromatic hydroxyl groups is 2. The Labute approximate surface area is 120 Å². The Kier molecular flexibility index (Phi) is 3.88. The number of rotatable bonds is 3. The van der Waals surface area contributed by atoms with Gasteiger partial charge in [0, 0.05) is 18.1 Å². The van der Waals surface area contributed by atoms with Gasteiger partial charge in [-0.15, -0.1) is 0 Å². The summed E-state index contributed by atoms with van der Waals surface area (Å²) in [6, 6.07) is 2.60. The molecule has 0 saturated heterocycles. The van der Waals surface area contributed by atoms with E-state index in [0.29, 0.717) is 6.42 Å². The molecule has 2 rings (SSSR count). The van der Waals surface area contributed by atoms with Crippen LogP contribution in [0.2, 0.25) is 0 Å². The Morgan fingerprint density at radius 1 is 0.952 bits per heavy atom. The van der Waals surface area contributed by atoms with Gasteiger partial charge in [0.25, 0.3) is 0 Å². The fourth-order valence-corrected chi connectivity index (χ4v) is 2.41. The molecule has 0 saturated carbocycles. The van der Waals surface area contributed by atoms with Crippen molar-refractivity contribution in [3.05, 3.63) is 55.6 Å². The lowest BCUT2D eigenvalue weighted by Crippen LogP contribution is -2.20. The van der Waals surface area contributed by atoms with Crippen LogP contribution in [0.4, 0.5) is 0 Å². The maximum atomic E-state index is 12.0. The quantitative estimate of drug-likeness (QED) is 0.899. The molecule has 6 heteroatoms. The second-order valence-corrected chi connectivity index (χ2v) is 4.85. The Morgan fingerprint density at radius 2 is 1.33 bits per heavy atom. The summed E-state index contributed by atoms with van der Waals surface area (Å²) in [4.78, 5) is 24.0. The van der Waals surface area contributed by atoms with Gasteiger partial charge in [0.15, 0.2) is 0 Å². The first-order valence-corrected chi connectivity index (χ1v) is 6.52. The average Bonchev–Trinajstić information content (AvgIpc) is 2.34. The van der Waals surface area contributed by atoms with E-state index in [4.69, 9.17) is 8.83 Å². The topological polar surface area (TPSA) is 101 Å². The van der Waals surface area contributed by atoms with Crippen LogP contribution in [0.15, 0.2) is 30.6 Å². The van der Waals surface area contributed by atoms with Crippen molar-refractivity contribution >= 4 is 0 Å². The third kappa shape index (κ3) is 2.69. The first kappa shape index (κ1) is 14.9. The molecule has 112 valence electrons. The van der Waals surface area contributed by atoms with Crippen molar-refractivity contribution in [2.45, 2.75) is 33.1 Å². The molecule has 2 aromatic rings. The maximum Gasteiger partial charge on any atom is 0.343 e. The Bertz CT molecular complexity index is 718. The lowest BCUT2D eigenvalue weighted by Gasteiger charge is -2.16. The molecule has 0 aliphatic carbocycles. The van der Waals surface area contributed by atoms with Gasteiger partial charge in [-0.25, -0.2) is 9.59 Å². The van der Waals surface area contributed by atoms with Gasteiger partial charge in [-0.1, -0.05) is 6.92 Å². The van der Waals surface area contributed by atoms with Crippen LogP contribution in [-0.2, 0) is 0 Å². The smallest absolute Gasteiger partial charge is 0.343 e. The van der Waals surface area contributed by atoms with Gasteiger partial charge in [-0.2, -0.15) is 0 Å². The van der Waals surface area contributed by atoms with Gasteiger partial charge in [0.05, 0.1) is 11.1 Å². The second kappa shape index (κ2) is 5.47. The van der Waals surface area contributed by atoms with Crippen molar-refractivity contribution in [1.82, 2.24) is 0 Å². The van der Waals surface area contributed by atoms with Crippen LogP contribution >= 0.6 is 0 Å². The molecule has 0 aliphatic heterocycles. The highest BCUT2D eigenvalue weighted by Gasteiger charge is 2.27. The lowest BCUT2D eigenvalue weighted by molar-refractivity contribution is 0.399. The van der Waals surface area contributed by atoms with Crippen molar-refractivity contribution in [3.8, 4) is 11.5 Å². The van der Waals surface area contributed by atoms with Crippen molar-refractivity contribution in [1.29, 1.82) is 0 Å². The Balaban J connectivity index is 2.73. The third-order valence-corrected chi connectivity index (χ3v) is 3.28. The molecular weight excluding hydrogens is 276 g/mol. The van der Waals surface area contributed by atoms with E-state index < -0.39 is 17.2 Å². The molecule has 0 amide bonds. The van der Waals surface area contributed by atoms with E-state index in [1.54, 1.807) is 6.92 Å². The minimum atomic E-state index is -0.807. The molecule has 2 aromatic heterocycles. The predicted octanol–water partition coefficient (Wildman–Crippen LogP) is 2.16. The molecular formula is C15H16O6. The molecule has 2 heterocycles. The van der Waals surface area contributed by atoms with Crippen molar-refractivity contribution in [3.63, 3.8) is 0 Å². The Hall–Kier alpha value is -2.50. The van der Waals surface area contributed by atoms with E-state index >= 15 is 0 Å². The van der Waals surface area contributed by atoms with Crippen molar-refractivity contribution in [2.75, 3.05) is 0 Å². The first-order valence-electron chi connectivity index (χ1n) is 6.52. The predicted molar refractivity (Wildman–Crippen MR) is 74.9 cm³/mol. The van der Waals surface area contributed by atoms with Crippen LogP contribution in [-0.4, -0.2) is 10.2 Å². The van der Waals surface area contributed by atoms with E-state index in [-0.39, 0.29) is 34.1 Å². The summed E-state index contributed by atoms with van der Waals surface area (Å²) < 4.78 is 9.93. The first-order chi connectivity index (χ1) is 9.85. The van der Waals surface area contributed by atoms with E-state index in [1.165, 1.54) is 26.0 Å². The highest BCUT2D eigenvalue weighted by Crippen LogP contribution is 2.34. The lowest BCUT2D eigenvalue weighted by atomic mass is 9.90. The van der Waals surface area contributed by atoms with E-state index in [0.717, 1.165) is 0 Å². The highest BCUT2D eigenvalue weighted by atomic mass is 16.4. The van der Waals surface area contributed by atoms with Gasteiger partial charge < -0.3 is 19.0 Å². The molecule has 0 aromatic carbocycles. The monoisotopic (exact) mass is 292 g/mol. The largest absolute Gasteiger partial charge is 0.507 e. The Morgan fingerprint density at radius 3 is 1.62 bits per heavy atom. The zero-order chi connectivity index (χ0) is 15.7. The van der Waals surface area contributed by atoms with Crippen molar-refractivity contribution in [2.24, 2.45) is 0 Å². The summed E-state index contributed by atoms with van der Waals surface area (Å²) in [6.07, 6.45) is 0.308. The molecule has 0 spiro atoms. The van der Waals surface area contributed by atoms with Crippen LogP contribution in [0, 0.1) is 13.8 Å². The zero-order valence-electron chi connectivity index (χ0n) is 12.0. The van der Waals surface area contributed by atoms with Crippen LogP contribution in [0.1, 0.15) is 41.9 Å². The second-order valence-electron chi connectivity index (χ2n) is 4.85. The molecule has 6 nitrogen and oxygen atoms in total. The van der Waals surface area contributed by atoms with Crippen LogP contribution in [0.5, 0.6) is 11.5 Å². The summed E-state index contributed by atoms with van der Waals surface area (Å²) in [5.41, 5.74) is -1.60. The number of hydrogen-bond acceptors (Lipinski definition) is 6. The van der Waals surface area contributed by atoms with E-state index in [9.17, 15) is 19.8 Å². The molecule has 0 fully saturated rings. The maximum absolute atomic E-state index is 12.0. The normalized spacial score (nSPS) is 11.0. The summed E-state index contributed by atoms with van der Waals surface area (Å²) in [5, 5.41) is 20.0. The fourth-order valence-electron chi connectivity index (χ4n) is 2.41. The number of hydrogen-bond donors (Lipinski definition) is 2. The minimum absolute atomic E-state index is 0.0606. The van der Waals surface area contributed by atoms with Gasteiger partial charge in [0.1, 0.15) is 23.0 Å². The van der Waals surface area contributed by atoms with E-state index in [2.05, 4.69) is 0 Å². The molecule has 0 unspecified atom stereocenters.